The van der Waals surface area contributed by atoms with Crippen LogP contribution in [0.5, 0.6) is 11.5 Å². The number of ether oxygens (including phenoxy) is 3. The average Bonchev–Trinajstić information content (AvgIpc) is 3.30. The van der Waals surface area contributed by atoms with Gasteiger partial charge in [-0.05, 0) is 0 Å². The van der Waals surface area contributed by atoms with Crippen molar-refractivity contribution in [3.63, 3.8) is 0 Å². The van der Waals surface area contributed by atoms with Crippen LogP contribution in [0.2, 0.25) is 0 Å². The van der Waals surface area contributed by atoms with Gasteiger partial charge in [-0.1, -0.05) is 0 Å². The van der Waals surface area contributed by atoms with Crippen LogP contribution in [0.15, 0.2) is 54.6 Å². The number of hydrogen-bond acceptors (Lipinski definition) is 9. The van der Waals surface area contributed by atoms with Crippen molar-refractivity contribution in [1.29, 1.82) is 0 Å². The van der Waals surface area contributed by atoms with Gasteiger partial charge >= 0.3 is 222 Å². The maximum absolute atomic E-state index is 15.4. The molecule has 2 aromatic rings. The van der Waals surface area contributed by atoms with E-state index in [4.69, 9.17) is 27.6 Å². The fourth-order valence-electron chi connectivity index (χ4n) is 4.92. The van der Waals surface area contributed by atoms with Crippen molar-refractivity contribution in [3.05, 3.63) is 60.2 Å². The molecule has 16 heteroatoms. The molecule has 218 valence electrons. The first-order chi connectivity index (χ1) is 18.6. The molecule has 5 rings (SSSR count). The molecule has 9 nitrogen and oxygen atoms in total. The molecule has 0 aromatic heterocycles. The van der Waals surface area contributed by atoms with E-state index >= 15 is 26.3 Å². The second kappa shape index (κ2) is 8.68. The Labute approximate surface area is 222 Å². The molecular formula is C24H21F6O9P. The normalized spacial score (nSPS) is 30.8. The monoisotopic (exact) mass is 598 g/mol. The summed E-state index contributed by atoms with van der Waals surface area (Å²) in [5.41, 5.74) is -4.66. The molecule has 3 atom stereocenters. The van der Waals surface area contributed by atoms with Gasteiger partial charge in [0, 0.05) is 0 Å². The third-order valence-corrected chi connectivity index (χ3v) is 10.3. The number of carbonyl (C=O) groups excluding carboxylic acids is 2. The number of carbonyl (C=O) groups is 2. The first-order valence-electron chi connectivity index (χ1n) is 11.8. The van der Waals surface area contributed by atoms with E-state index in [0.717, 1.165) is 31.2 Å². The van der Waals surface area contributed by atoms with Gasteiger partial charge in [0.15, 0.2) is 0 Å². The SMILES string of the molecule is CCOC(=O)[C@@]1(C(F)(F)F)C[C@]2(c3ccccc3)O[C@@](C(=O)OCC)(C(F)(F)F)P3(Oc4ccccc4O3)(O2)O1. The van der Waals surface area contributed by atoms with Crippen molar-refractivity contribution in [2.45, 2.75) is 49.4 Å². The van der Waals surface area contributed by atoms with Crippen LogP contribution >= 0.6 is 7.51 Å². The maximum atomic E-state index is 15.4. The zero-order valence-electron chi connectivity index (χ0n) is 20.7. The topological polar surface area (TPSA) is 98.8 Å². The van der Waals surface area contributed by atoms with E-state index in [9.17, 15) is 9.59 Å². The molecule has 3 heterocycles. The Bertz CT molecular complexity index is 1330. The van der Waals surface area contributed by atoms with E-state index in [1.165, 1.54) is 37.3 Å². The van der Waals surface area contributed by atoms with Crippen molar-refractivity contribution >= 4 is 19.4 Å². The summed E-state index contributed by atoms with van der Waals surface area (Å²) < 4.78 is 128. The molecule has 2 aromatic carbocycles. The molecule has 3 aliphatic heterocycles. The number of para-hydroxylation sites is 2. The molecule has 1 spiro atoms. The van der Waals surface area contributed by atoms with Crippen LogP contribution in [0.25, 0.3) is 0 Å². The van der Waals surface area contributed by atoms with E-state index in [2.05, 4.69) is 4.74 Å². The van der Waals surface area contributed by atoms with Crippen molar-refractivity contribution in [3.8, 4) is 11.5 Å². The van der Waals surface area contributed by atoms with E-state index in [1.807, 2.05) is 0 Å². The molecule has 0 saturated carbocycles. The quantitative estimate of drug-likeness (QED) is 0.245. The first-order valence-corrected chi connectivity index (χ1v) is 13.7. The Balaban J connectivity index is 1.95. The van der Waals surface area contributed by atoms with Crippen molar-refractivity contribution in [2.75, 3.05) is 13.2 Å². The summed E-state index contributed by atoms with van der Waals surface area (Å²) in [5.74, 6) is -8.65. The van der Waals surface area contributed by atoms with E-state index in [1.54, 1.807) is 0 Å². The molecule has 3 aliphatic rings. The van der Waals surface area contributed by atoms with Crippen molar-refractivity contribution in [1.82, 2.24) is 0 Å². The van der Waals surface area contributed by atoms with Gasteiger partial charge in [0.05, 0.1) is 0 Å². The van der Waals surface area contributed by atoms with Gasteiger partial charge in [-0.3, -0.25) is 0 Å². The fraction of sp³-hybridized carbons (Fsp3) is 0.417. The number of halogens is 6. The average molecular weight is 598 g/mol. The van der Waals surface area contributed by atoms with Gasteiger partial charge < -0.3 is 0 Å². The van der Waals surface area contributed by atoms with Gasteiger partial charge in [0.25, 0.3) is 0 Å². The third kappa shape index (κ3) is 3.44. The van der Waals surface area contributed by atoms with Gasteiger partial charge in [0.1, 0.15) is 0 Å². The zero-order valence-corrected chi connectivity index (χ0v) is 21.6. The summed E-state index contributed by atoms with van der Waals surface area (Å²) in [7, 11) is -7.26. The molecule has 0 aliphatic carbocycles. The number of benzene rings is 2. The van der Waals surface area contributed by atoms with Crippen LogP contribution in [0.3, 0.4) is 0 Å². The minimum atomic E-state index is -7.26. The summed E-state index contributed by atoms with van der Waals surface area (Å²) >= 11 is 0. The van der Waals surface area contributed by atoms with Crippen LogP contribution in [-0.2, 0) is 38.6 Å². The number of alkyl halides is 6. The molecule has 2 fully saturated rings. The second-order valence-electron chi connectivity index (χ2n) is 8.93. The third-order valence-electron chi connectivity index (χ3n) is 6.50. The molecule has 40 heavy (non-hydrogen) atoms. The van der Waals surface area contributed by atoms with Gasteiger partial charge in [0.2, 0.25) is 0 Å². The first kappa shape index (κ1) is 28.4. The summed E-state index contributed by atoms with van der Waals surface area (Å²) in [6, 6.07) is 10.8. The molecule has 2 saturated heterocycles. The molecule has 0 radical (unpaired) electrons. The standard InChI is InChI=1S/C24H21F6O9P/c1-3-33-18(31)20(23(25,26)27)14-21(15-10-6-5-7-11-15)37-22(24(28,29)30,19(32)34-4-2)40(38-20,39-21)35-16-12-8-9-13-17(16)36-40/h5-13H,3-4,14H2,1-2H3/t20-,21+,22-/m1/s1. The van der Waals surface area contributed by atoms with Crippen LogP contribution in [0.4, 0.5) is 26.3 Å². The summed E-state index contributed by atoms with van der Waals surface area (Å²) in [4.78, 5) is 26.6. The molecule has 0 amide bonds. The summed E-state index contributed by atoms with van der Waals surface area (Å²) in [5, 5.41) is -4.58. The number of esters is 2. The van der Waals surface area contributed by atoms with Gasteiger partial charge in [-0.25, -0.2) is 0 Å². The molecular weight excluding hydrogens is 577 g/mol. The van der Waals surface area contributed by atoms with E-state index < -0.39 is 85.2 Å². The van der Waals surface area contributed by atoms with Crippen LogP contribution in [-0.4, -0.2) is 48.4 Å². The number of hydrogen-bond donors (Lipinski definition) is 0. The molecule has 0 unspecified atom stereocenters. The van der Waals surface area contributed by atoms with Crippen molar-refractivity contribution in [2.24, 2.45) is 0 Å². The minimum absolute atomic E-state index is 0.432. The fourth-order valence-corrected chi connectivity index (χ4v) is 9.21. The Morgan fingerprint density at radius 1 is 0.800 bits per heavy atom. The van der Waals surface area contributed by atoms with Gasteiger partial charge in [-0.2, -0.15) is 0 Å². The molecule has 0 N–H and O–H groups in total. The number of fused-ring (bicyclic) bond motifs is 2. The van der Waals surface area contributed by atoms with E-state index in [-0.39, 0.29) is 0 Å². The second-order valence-corrected chi connectivity index (χ2v) is 11.9. The predicted octanol–water partition coefficient (Wildman–Crippen LogP) is 5.68. The van der Waals surface area contributed by atoms with Gasteiger partial charge in [-0.15, -0.1) is 0 Å². The Hall–Kier alpha value is -3.13. The summed E-state index contributed by atoms with van der Waals surface area (Å²) in [6.07, 6.45) is -13.5. The van der Waals surface area contributed by atoms with Crippen molar-refractivity contribution < 1.29 is 68.2 Å². The Morgan fingerprint density at radius 3 is 1.82 bits per heavy atom. The summed E-state index contributed by atoms with van der Waals surface area (Å²) in [6.45, 7) is 1.06. The molecule has 2 bridgehead atoms. The van der Waals surface area contributed by atoms with Crippen LogP contribution in [0.1, 0.15) is 25.8 Å². The van der Waals surface area contributed by atoms with Crippen LogP contribution in [0, 0.1) is 0 Å². The van der Waals surface area contributed by atoms with E-state index in [0.29, 0.717) is 0 Å². The zero-order chi connectivity index (χ0) is 29.3. The Kier molecular flexibility index (Phi) is 6.17. The Morgan fingerprint density at radius 2 is 1.32 bits per heavy atom. The van der Waals surface area contributed by atoms with Crippen LogP contribution < -0.4 is 9.05 Å². The number of rotatable bonds is 5. The predicted molar refractivity (Wildman–Crippen MR) is 121 cm³/mol.